The number of hydrogen-bond acceptors (Lipinski definition) is 1. The summed E-state index contributed by atoms with van der Waals surface area (Å²) in [5.74, 6) is 0. The van der Waals surface area contributed by atoms with Gasteiger partial charge < -0.3 is 0 Å². The molecule has 10 heavy (non-hydrogen) atoms. The van der Waals surface area contributed by atoms with E-state index in [1.54, 1.807) is 5.57 Å². The Hall–Kier alpha value is -0.300. The standard InChI is InChI=1S/C9H15N/c1-2-8-6-9-4-3-5-10(9)7-8/h2,9H,3-7H2,1H3/b8-2-/t9-/m1/s1. The molecule has 0 radical (unpaired) electrons. The van der Waals surface area contributed by atoms with Gasteiger partial charge in [-0.05, 0) is 32.7 Å². The van der Waals surface area contributed by atoms with Gasteiger partial charge in [0.15, 0.2) is 0 Å². The summed E-state index contributed by atoms with van der Waals surface area (Å²) < 4.78 is 0. The number of rotatable bonds is 0. The summed E-state index contributed by atoms with van der Waals surface area (Å²) in [7, 11) is 0. The van der Waals surface area contributed by atoms with E-state index in [4.69, 9.17) is 0 Å². The van der Waals surface area contributed by atoms with E-state index in [0.717, 1.165) is 6.04 Å². The quantitative estimate of drug-likeness (QED) is 0.460. The maximum atomic E-state index is 2.62. The van der Waals surface area contributed by atoms with Crippen molar-refractivity contribution in [2.24, 2.45) is 0 Å². The minimum Gasteiger partial charge on any atom is -0.296 e. The van der Waals surface area contributed by atoms with Crippen molar-refractivity contribution in [3.8, 4) is 0 Å². The number of nitrogens with zero attached hydrogens (tertiary/aromatic N) is 1. The number of fused-ring (bicyclic) bond motifs is 1. The summed E-state index contributed by atoms with van der Waals surface area (Å²) in [6.07, 6.45) is 6.52. The molecule has 0 aromatic rings. The first-order valence-corrected chi connectivity index (χ1v) is 4.28. The Kier molecular flexibility index (Phi) is 1.53. The van der Waals surface area contributed by atoms with Gasteiger partial charge >= 0.3 is 0 Å². The molecule has 1 atom stereocenters. The van der Waals surface area contributed by atoms with Gasteiger partial charge in [-0.1, -0.05) is 11.6 Å². The normalized spacial score (nSPS) is 37.3. The molecule has 0 aliphatic carbocycles. The van der Waals surface area contributed by atoms with E-state index in [-0.39, 0.29) is 0 Å². The zero-order valence-electron chi connectivity index (χ0n) is 6.64. The van der Waals surface area contributed by atoms with Crippen LogP contribution in [0.3, 0.4) is 0 Å². The maximum Gasteiger partial charge on any atom is 0.0196 e. The van der Waals surface area contributed by atoms with Crippen LogP contribution in [0.2, 0.25) is 0 Å². The molecule has 2 aliphatic rings. The van der Waals surface area contributed by atoms with Crippen LogP contribution in [0.25, 0.3) is 0 Å². The molecular formula is C9H15N. The average Bonchev–Trinajstić information content (AvgIpc) is 2.42. The minimum atomic E-state index is 0.922. The molecule has 56 valence electrons. The third-order valence-electron chi connectivity index (χ3n) is 2.81. The van der Waals surface area contributed by atoms with E-state index in [1.165, 1.54) is 32.4 Å². The molecule has 0 saturated carbocycles. The average molecular weight is 137 g/mol. The van der Waals surface area contributed by atoms with Gasteiger partial charge in [0, 0.05) is 12.6 Å². The number of allylic oxidation sites excluding steroid dienone is 1. The molecule has 0 spiro atoms. The second-order valence-electron chi connectivity index (χ2n) is 3.42. The molecule has 0 unspecified atom stereocenters. The molecule has 1 heteroatoms. The van der Waals surface area contributed by atoms with Crippen molar-refractivity contribution in [1.29, 1.82) is 0 Å². The topological polar surface area (TPSA) is 3.24 Å². The van der Waals surface area contributed by atoms with Crippen LogP contribution in [-0.2, 0) is 0 Å². The fraction of sp³-hybridized carbons (Fsp3) is 0.778. The van der Waals surface area contributed by atoms with Crippen molar-refractivity contribution in [2.75, 3.05) is 13.1 Å². The fourth-order valence-electron chi connectivity index (χ4n) is 2.17. The van der Waals surface area contributed by atoms with Crippen LogP contribution >= 0.6 is 0 Å². The van der Waals surface area contributed by atoms with Gasteiger partial charge in [-0.25, -0.2) is 0 Å². The van der Waals surface area contributed by atoms with E-state index in [2.05, 4.69) is 17.9 Å². The van der Waals surface area contributed by atoms with E-state index in [9.17, 15) is 0 Å². The molecular weight excluding hydrogens is 122 g/mol. The summed E-state index contributed by atoms with van der Waals surface area (Å²) in [5, 5.41) is 0. The van der Waals surface area contributed by atoms with Crippen molar-refractivity contribution in [3.05, 3.63) is 11.6 Å². The molecule has 1 nitrogen and oxygen atoms in total. The SMILES string of the molecule is C/C=C1/C[C@H]2CCCN2C1. The third kappa shape index (κ3) is 0.891. The lowest BCUT2D eigenvalue weighted by Gasteiger charge is -2.11. The van der Waals surface area contributed by atoms with Crippen molar-refractivity contribution in [2.45, 2.75) is 32.2 Å². The first-order chi connectivity index (χ1) is 4.90. The Balaban J connectivity index is 2.07. The molecule has 0 aromatic heterocycles. The van der Waals surface area contributed by atoms with Crippen LogP contribution in [0.15, 0.2) is 11.6 Å². The second kappa shape index (κ2) is 2.39. The van der Waals surface area contributed by atoms with Crippen LogP contribution in [0.1, 0.15) is 26.2 Å². The molecule has 0 bridgehead atoms. The largest absolute Gasteiger partial charge is 0.296 e. The van der Waals surface area contributed by atoms with Crippen LogP contribution in [0.5, 0.6) is 0 Å². The van der Waals surface area contributed by atoms with Crippen molar-refractivity contribution < 1.29 is 0 Å². The first kappa shape index (κ1) is 6.41. The molecule has 0 amide bonds. The Labute approximate surface area is 62.7 Å². The van der Waals surface area contributed by atoms with Gasteiger partial charge in [-0.3, -0.25) is 4.90 Å². The summed E-state index contributed by atoms with van der Waals surface area (Å²) in [6.45, 7) is 4.78. The lowest BCUT2D eigenvalue weighted by atomic mass is 10.1. The van der Waals surface area contributed by atoms with Crippen molar-refractivity contribution in [1.82, 2.24) is 4.90 Å². The summed E-state index contributed by atoms with van der Waals surface area (Å²) in [4.78, 5) is 2.62. The second-order valence-corrected chi connectivity index (χ2v) is 3.42. The fourth-order valence-corrected chi connectivity index (χ4v) is 2.17. The van der Waals surface area contributed by atoms with E-state index < -0.39 is 0 Å². The lowest BCUT2D eigenvalue weighted by Crippen LogP contribution is -2.21. The molecule has 2 fully saturated rings. The van der Waals surface area contributed by atoms with Crippen LogP contribution in [0.4, 0.5) is 0 Å². The highest BCUT2D eigenvalue weighted by atomic mass is 15.2. The first-order valence-electron chi connectivity index (χ1n) is 4.28. The molecule has 2 aliphatic heterocycles. The van der Waals surface area contributed by atoms with Gasteiger partial charge in [0.25, 0.3) is 0 Å². The van der Waals surface area contributed by atoms with Crippen LogP contribution in [0, 0.1) is 0 Å². The molecule has 2 heterocycles. The number of hydrogen-bond donors (Lipinski definition) is 0. The minimum absolute atomic E-state index is 0.922. The van der Waals surface area contributed by atoms with E-state index >= 15 is 0 Å². The predicted molar refractivity (Wildman–Crippen MR) is 43.0 cm³/mol. The van der Waals surface area contributed by atoms with Crippen molar-refractivity contribution >= 4 is 0 Å². The highest BCUT2D eigenvalue weighted by Crippen LogP contribution is 2.30. The van der Waals surface area contributed by atoms with E-state index in [1.807, 2.05) is 0 Å². The summed E-state index contributed by atoms with van der Waals surface area (Å²) >= 11 is 0. The Morgan fingerprint density at radius 1 is 1.60 bits per heavy atom. The Bertz CT molecular complexity index is 146. The van der Waals surface area contributed by atoms with Gasteiger partial charge in [-0.15, -0.1) is 0 Å². The predicted octanol–water partition coefficient (Wildman–Crippen LogP) is 1.80. The molecule has 0 N–H and O–H groups in total. The van der Waals surface area contributed by atoms with Crippen molar-refractivity contribution in [3.63, 3.8) is 0 Å². The Morgan fingerprint density at radius 2 is 2.50 bits per heavy atom. The van der Waals surface area contributed by atoms with Gasteiger partial charge in [0.1, 0.15) is 0 Å². The monoisotopic (exact) mass is 137 g/mol. The summed E-state index contributed by atoms with van der Waals surface area (Å²) in [6, 6.07) is 0.922. The van der Waals surface area contributed by atoms with Crippen LogP contribution < -0.4 is 0 Å². The summed E-state index contributed by atoms with van der Waals surface area (Å²) in [5.41, 5.74) is 1.66. The highest BCUT2D eigenvalue weighted by Gasteiger charge is 2.30. The Morgan fingerprint density at radius 3 is 3.20 bits per heavy atom. The molecule has 2 saturated heterocycles. The molecule has 0 aromatic carbocycles. The smallest absolute Gasteiger partial charge is 0.0196 e. The zero-order valence-corrected chi connectivity index (χ0v) is 6.64. The maximum absolute atomic E-state index is 2.62. The highest BCUT2D eigenvalue weighted by molar-refractivity contribution is 5.13. The zero-order chi connectivity index (χ0) is 6.97. The lowest BCUT2D eigenvalue weighted by molar-refractivity contribution is 0.327. The van der Waals surface area contributed by atoms with Gasteiger partial charge in [0.05, 0.1) is 0 Å². The van der Waals surface area contributed by atoms with Gasteiger partial charge in [0.2, 0.25) is 0 Å². The van der Waals surface area contributed by atoms with Crippen LogP contribution in [-0.4, -0.2) is 24.0 Å². The molecule has 2 rings (SSSR count). The third-order valence-corrected chi connectivity index (χ3v) is 2.81. The van der Waals surface area contributed by atoms with E-state index in [0.29, 0.717) is 0 Å². The van der Waals surface area contributed by atoms with Gasteiger partial charge in [-0.2, -0.15) is 0 Å².